The molecule has 0 saturated carbocycles. The predicted molar refractivity (Wildman–Crippen MR) is 330 cm³/mol. The summed E-state index contributed by atoms with van der Waals surface area (Å²) < 4.78 is 11.2. The van der Waals surface area contributed by atoms with E-state index in [0.29, 0.717) is 12.8 Å². The Hall–Kier alpha value is -1.15. The third-order valence-corrected chi connectivity index (χ3v) is 17.1. The van der Waals surface area contributed by atoms with Gasteiger partial charge >= 0.3 is 0 Å². The van der Waals surface area contributed by atoms with Gasteiger partial charge in [-0.15, -0.1) is 0 Å². The molecule has 8 N–H and O–H groups in total. The number of aliphatic hydroxyl groups excluding tert-OH is 7. The molecule has 1 aliphatic rings. The predicted octanol–water partition coefficient (Wildman–Crippen LogP) is 16.3. The number of hydrogen-bond donors (Lipinski definition) is 8. The van der Waals surface area contributed by atoms with Crippen molar-refractivity contribution >= 4 is 5.91 Å². The molecule has 9 atom stereocenters. The molecule has 1 amide bonds. The number of unbranched alkanes of at least 4 members (excludes halogenated alkanes) is 47. The summed E-state index contributed by atoms with van der Waals surface area (Å²) in [6.45, 7) is 3.50. The van der Waals surface area contributed by atoms with Crippen LogP contribution in [0.1, 0.15) is 348 Å². The number of carbonyl (C=O) groups is 1. The molecule has 470 valence electrons. The summed E-state index contributed by atoms with van der Waals surface area (Å²) in [5, 5.41) is 76.4. The van der Waals surface area contributed by atoms with Gasteiger partial charge in [0.05, 0.1) is 25.4 Å². The van der Waals surface area contributed by atoms with Gasteiger partial charge in [0.1, 0.15) is 36.6 Å². The molecule has 0 aliphatic carbocycles. The summed E-state index contributed by atoms with van der Waals surface area (Å²) in [4.78, 5) is 13.2. The van der Waals surface area contributed by atoms with Crippen molar-refractivity contribution in [3.8, 4) is 0 Å². The van der Waals surface area contributed by atoms with Gasteiger partial charge in [-0.1, -0.05) is 321 Å². The first-order valence-electron chi connectivity index (χ1n) is 34.6. The molecule has 0 radical (unpaired) electrons. The summed E-state index contributed by atoms with van der Waals surface area (Å²) >= 11 is 0. The zero-order chi connectivity index (χ0) is 57.5. The maximum Gasteiger partial charge on any atom is 0.249 e. The molecule has 1 fully saturated rings. The van der Waals surface area contributed by atoms with E-state index in [1.807, 2.05) is 0 Å². The van der Waals surface area contributed by atoms with Crippen LogP contribution < -0.4 is 5.32 Å². The van der Waals surface area contributed by atoms with E-state index < -0.39 is 74.2 Å². The van der Waals surface area contributed by atoms with Crippen molar-refractivity contribution in [1.29, 1.82) is 0 Å². The Labute approximate surface area is 487 Å². The van der Waals surface area contributed by atoms with Crippen molar-refractivity contribution in [3.63, 3.8) is 0 Å². The van der Waals surface area contributed by atoms with Crippen molar-refractivity contribution in [1.82, 2.24) is 5.32 Å². The third kappa shape index (κ3) is 45.0. The Bertz CT molecular complexity index is 1290. The maximum absolute atomic E-state index is 13.2. The Morgan fingerprint density at radius 3 is 1.09 bits per heavy atom. The summed E-state index contributed by atoms with van der Waals surface area (Å²) in [6.07, 6.45) is 58.7. The fourth-order valence-corrected chi connectivity index (χ4v) is 11.5. The van der Waals surface area contributed by atoms with Crippen molar-refractivity contribution in [2.75, 3.05) is 13.2 Å². The summed E-state index contributed by atoms with van der Waals surface area (Å²) in [5.41, 5.74) is 0. The highest BCUT2D eigenvalue weighted by molar-refractivity contribution is 5.80. The number of hydrogen-bond acceptors (Lipinski definition) is 10. The fraction of sp³-hybridized carbons (Fsp3) is 0.956. The zero-order valence-electron chi connectivity index (χ0n) is 51.9. The summed E-state index contributed by atoms with van der Waals surface area (Å²) in [6, 6.07) is -1.18. The molecule has 0 spiro atoms. The van der Waals surface area contributed by atoms with E-state index in [2.05, 4.69) is 31.3 Å². The number of aliphatic hydroxyl groups is 7. The second kappa shape index (κ2) is 57.3. The standard InChI is InChI=1S/C68H133NO10/c1-3-5-7-9-11-13-15-17-19-21-23-25-26-27-28-29-30-31-32-33-34-36-38-40-42-44-46-48-50-52-54-56-61(72)67(77)69-59(58-78-68-66(76)65(75)64(74)62(57-70)79-68)63(73)60(71)55-53-51-49-47-45-43-41-39-37-35-24-22-20-18-16-14-12-10-8-6-4-2/h47,49,59-66,68,70-76H,3-46,48,50-58H2,1-2H3,(H,69,77)/b49-47+. The Balaban J connectivity index is 2.19. The van der Waals surface area contributed by atoms with Crippen LogP contribution in [0.4, 0.5) is 0 Å². The molecule has 0 aromatic carbocycles. The molecule has 0 bridgehead atoms. The molecule has 11 heteroatoms. The SMILES string of the molecule is CCCCCCCCCCCCCCCCCC/C=C/CCCC(O)C(O)C(COC1OC(CO)C(O)C(O)C1O)NC(=O)C(O)CCCCCCCCCCCCCCCCCCCCCCCCCCCCCCCCC. The van der Waals surface area contributed by atoms with E-state index >= 15 is 0 Å². The van der Waals surface area contributed by atoms with Crippen LogP contribution in [-0.4, -0.2) is 110 Å². The molecule has 0 aromatic rings. The second-order valence-corrected chi connectivity index (χ2v) is 24.6. The first-order valence-corrected chi connectivity index (χ1v) is 34.6. The lowest BCUT2D eigenvalue weighted by Gasteiger charge is -2.40. The molecule has 1 saturated heterocycles. The maximum atomic E-state index is 13.2. The number of nitrogens with one attached hydrogen (secondary N) is 1. The minimum Gasteiger partial charge on any atom is -0.394 e. The van der Waals surface area contributed by atoms with Gasteiger partial charge in [-0.25, -0.2) is 0 Å². The first-order chi connectivity index (χ1) is 38.7. The van der Waals surface area contributed by atoms with E-state index in [9.17, 15) is 40.5 Å². The highest BCUT2D eigenvalue weighted by Crippen LogP contribution is 2.24. The average molecular weight is 1120 g/mol. The van der Waals surface area contributed by atoms with Gasteiger partial charge in [0.15, 0.2) is 6.29 Å². The van der Waals surface area contributed by atoms with Crippen LogP contribution in [0.5, 0.6) is 0 Å². The molecule has 1 heterocycles. The van der Waals surface area contributed by atoms with E-state index in [-0.39, 0.29) is 12.8 Å². The number of rotatable bonds is 61. The summed E-state index contributed by atoms with van der Waals surface area (Å²) in [5.74, 6) is -0.698. The molecule has 1 rings (SSSR count). The van der Waals surface area contributed by atoms with E-state index in [0.717, 1.165) is 38.5 Å². The van der Waals surface area contributed by atoms with Crippen molar-refractivity contribution < 1.29 is 50.0 Å². The zero-order valence-corrected chi connectivity index (χ0v) is 51.9. The molecular weight excluding hydrogens is 991 g/mol. The van der Waals surface area contributed by atoms with E-state index in [1.54, 1.807) is 0 Å². The van der Waals surface area contributed by atoms with Gasteiger partial charge in [-0.05, 0) is 38.5 Å². The van der Waals surface area contributed by atoms with Gasteiger partial charge in [0, 0.05) is 0 Å². The monoisotopic (exact) mass is 1120 g/mol. The molecule has 79 heavy (non-hydrogen) atoms. The lowest BCUT2D eigenvalue weighted by molar-refractivity contribution is -0.303. The van der Waals surface area contributed by atoms with Crippen LogP contribution in [0.3, 0.4) is 0 Å². The van der Waals surface area contributed by atoms with Crippen LogP contribution in [0.15, 0.2) is 12.2 Å². The molecule has 9 unspecified atom stereocenters. The fourth-order valence-electron chi connectivity index (χ4n) is 11.5. The van der Waals surface area contributed by atoms with Crippen molar-refractivity contribution in [2.24, 2.45) is 0 Å². The van der Waals surface area contributed by atoms with Crippen molar-refractivity contribution in [2.45, 2.75) is 403 Å². The Morgan fingerprint density at radius 1 is 0.430 bits per heavy atom. The number of ether oxygens (including phenoxy) is 2. The smallest absolute Gasteiger partial charge is 0.249 e. The first kappa shape index (κ1) is 75.9. The topological polar surface area (TPSA) is 189 Å². The molecular formula is C68H133NO10. The lowest BCUT2D eigenvalue weighted by atomic mass is 9.98. The number of amides is 1. The second-order valence-electron chi connectivity index (χ2n) is 24.6. The van der Waals surface area contributed by atoms with Gasteiger partial charge in [0.2, 0.25) is 5.91 Å². The third-order valence-electron chi connectivity index (χ3n) is 17.1. The quantitative estimate of drug-likeness (QED) is 0.0215. The lowest BCUT2D eigenvalue weighted by Crippen LogP contribution is -2.60. The average Bonchev–Trinajstić information content (AvgIpc) is 3.46. The van der Waals surface area contributed by atoms with Crippen molar-refractivity contribution in [3.05, 3.63) is 12.2 Å². The number of carbonyl (C=O) groups excluding carboxylic acids is 1. The van der Waals surface area contributed by atoms with Crippen LogP contribution in [0.2, 0.25) is 0 Å². The van der Waals surface area contributed by atoms with Gasteiger partial charge in [-0.2, -0.15) is 0 Å². The largest absolute Gasteiger partial charge is 0.394 e. The van der Waals surface area contributed by atoms with Crippen LogP contribution >= 0.6 is 0 Å². The molecule has 1 aliphatic heterocycles. The Morgan fingerprint density at radius 2 is 0.747 bits per heavy atom. The minimum atomic E-state index is -1.67. The molecule has 0 aromatic heterocycles. The Kier molecular flexibility index (Phi) is 55.0. The van der Waals surface area contributed by atoms with Crippen LogP contribution in [0.25, 0.3) is 0 Å². The highest BCUT2D eigenvalue weighted by Gasteiger charge is 2.44. The van der Waals surface area contributed by atoms with Gasteiger partial charge < -0.3 is 50.5 Å². The number of allylic oxidation sites excluding steroid dienone is 2. The van der Waals surface area contributed by atoms with Crippen LogP contribution in [0, 0.1) is 0 Å². The van der Waals surface area contributed by atoms with Crippen LogP contribution in [-0.2, 0) is 14.3 Å². The summed E-state index contributed by atoms with van der Waals surface area (Å²) in [7, 11) is 0. The minimum absolute atomic E-state index is 0.260. The van der Waals surface area contributed by atoms with E-state index in [4.69, 9.17) is 9.47 Å². The normalized spacial score (nSPS) is 19.3. The molecule has 11 nitrogen and oxygen atoms in total. The van der Waals surface area contributed by atoms with Gasteiger partial charge in [-0.3, -0.25) is 4.79 Å². The highest BCUT2D eigenvalue weighted by atomic mass is 16.7. The van der Waals surface area contributed by atoms with Gasteiger partial charge in [0.25, 0.3) is 0 Å². The van der Waals surface area contributed by atoms with E-state index in [1.165, 1.54) is 270 Å².